The van der Waals surface area contributed by atoms with Gasteiger partial charge in [-0.25, -0.2) is 8.78 Å². The molecule has 0 radical (unpaired) electrons. The van der Waals surface area contributed by atoms with Crippen molar-refractivity contribution < 1.29 is 13.6 Å². The van der Waals surface area contributed by atoms with E-state index in [1.807, 2.05) is 34.9 Å². The van der Waals surface area contributed by atoms with Crippen LogP contribution in [0.2, 0.25) is 5.02 Å². The van der Waals surface area contributed by atoms with E-state index in [1.54, 1.807) is 12.1 Å². The van der Waals surface area contributed by atoms with Gasteiger partial charge in [0.05, 0.1) is 23.0 Å². The molecule has 1 amide bonds. The van der Waals surface area contributed by atoms with Gasteiger partial charge in [-0.3, -0.25) is 9.36 Å². The summed E-state index contributed by atoms with van der Waals surface area (Å²) >= 11 is 7.18. The second kappa shape index (κ2) is 9.93. The highest BCUT2D eigenvalue weighted by Crippen LogP contribution is 2.27. The fraction of sp³-hybridized carbons (Fsp3) is 0.0870. The SMILES string of the molecule is O=C(CSc1nnc(-c2ccc(F)cc2)n1Cc1ccccc1)Nc1ccc(F)cc1Cl. The fourth-order valence-electron chi connectivity index (χ4n) is 3.02. The van der Waals surface area contributed by atoms with Crippen LogP contribution in [-0.4, -0.2) is 26.4 Å². The summed E-state index contributed by atoms with van der Waals surface area (Å²) in [6, 6.07) is 19.5. The zero-order chi connectivity index (χ0) is 22.5. The van der Waals surface area contributed by atoms with Crippen LogP contribution in [-0.2, 0) is 11.3 Å². The van der Waals surface area contributed by atoms with Gasteiger partial charge >= 0.3 is 0 Å². The topological polar surface area (TPSA) is 59.8 Å². The molecule has 0 fully saturated rings. The summed E-state index contributed by atoms with van der Waals surface area (Å²) in [6.45, 7) is 0.480. The van der Waals surface area contributed by atoms with Crippen molar-refractivity contribution >= 4 is 35.0 Å². The number of amides is 1. The summed E-state index contributed by atoms with van der Waals surface area (Å²) in [4.78, 5) is 12.4. The van der Waals surface area contributed by atoms with Gasteiger partial charge in [0.25, 0.3) is 0 Å². The van der Waals surface area contributed by atoms with Crippen LogP contribution in [0, 0.1) is 11.6 Å². The van der Waals surface area contributed by atoms with Crippen molar-refractivity contribution in [1.82, 2.24) is 14.8 Å². The molecule has 0 saturated carbocycles. The normalized spacial score (nSPS) is 10.8. The maximum Gasteiger partial charge on any atom is 0.234 e. The number of carbonyl (C=O) groups excluding carboxylic acids is 1. The number of nitrogens with one attached hydrogen (secondary N) is 1. The molecule has 9 heteroatoms. The molecule has 0 aliphatic heterocycles. The Kier molecular flexibility index (Phi) is 6.82. The molecule has 5 nitrogen and oxygen atoms in total. The summed E-state index contributed by atoms with van der Waals surface area (Å²) in [5, 5.41) is 11.8. The number of aromatic nitrogens is 3. The van der Waals surface area contributed by atoms with Crippen LogP contribution in [0.4, 0.5) is 14.5 Å². The monoisotopic (exact) mass is 470 g/mol. The number of carbonyl (C=O) groups is 1. The number of hydrogen-bond acceptors (Lipinski definition) is 4. The van der Waals surface area contributed by atoms with Crippen LogP contribution in [0.25, 0.3) is 11.4 Å². The van der Waals surface area contributed by atoms with Crippen molar-refractivity contribution in [2.75, 3.05) is 11.1 Å². The van der Waals surface area contributed by atoms with E-state index >= 15 is 0 Å². The van der Waals surface area contributed by atoms with Crippen molar-refractivity contribution in [2.24, 2.45) is 0 Å². The number of thioether (sulfide) groups is 1. The van der Waals surface area contributed by atoms with Gasteiger partial charge in [-0.1, -0.05) is 53.7 Å². The summed E-state index contributed by atoms with van der Waals surface area (Å²) in [6.07, 6.45) is 0. The Balaban J connectivity index is 1.54. The minimum Gasteiger partial charge on any atom is -0.324 e. The van der Waals surface area contributed by atoms with E-state index < -0.39 is 5.82 Å². The van der Waals surface area contributed by atoms with Crippen LogP contribution in [0.5, 0.6) is 0 Å². The molecule has 1 N–H and O–H groups in total. The third-order valence-corrected chi connectivity index (χ3v) is 5.82. The zero-order valence-electron chi connectivity index (χ0n) is 16.6. The maximum atomic E-state index is 13.4. The molecule has 4 rings (SSSR count). The lowest BCUT2D eigenvalue weighted by molar-refractivity contribution is -0.113. The third-order valence-electron chi connectivity index (χ3n) is 4.54. The molecular formula is C23H17ClF2N4OS. The molecule has 0 spiro atoms. The van der Waals surface area contributed by atoms with Crippen molar-refractivity contribution in [1.29, 1.82) is 0 Å². The molecule has 32 heavy (non-hydrogen) atoms. The molecule has 4 aromatic rings. The Labute approximate surface area is 192 Å². The molecule has 1 aromatic heterocycles. The first-order valence-electron chi connectivity index (χ1n) is 9.60. The minimum absolute atomic E-state index is 0.0457. The van der Waals surface area contributed by atoms with Crippen LogP contribution < -0.4 is 5.32 Å². The summed E-state index contributed by atoms with van der Waals surface area (Å²) in [7, 11) is 0. The van der Waals surface area contributed by atoms with Crippen molar-refractivity contribution in [3.63, 3.8) is 0 Å². The van der Waals surface area contributed by atoms with Crippen molar-refractivity contribution in [3.05, 3.63) is 95.0 Å². The standard InChI is InChI=1S/C23H17ClF2N4OS/c24-19-12-18(26)10-11-20(19)27-21(31)14-32-23-29-28-22(16-6-8-17(25)9-7-16)30(23)13-15-4-2-1-3-5-15/h1-12H,13-14H2,(H,27,31). The first kappa shape index (κ1) is 22.0. The highest BCUT2D eigenvalue weighted by Gasteiger charge is 2.17. The van der Waals surface area contributed by atoms with E-state index in [4.69, 9.17) is 11.6 Å². The molecule has 0 saturated heterocycles. The smallest absolute Gasteiger partial charge is 0.234 e. The molecule has 0 bridgehead atoms. The van der Waals surface area contributed by atoms with Crippen molar-refractivity contribution in [3.8, 4) is 11.4 Å². The average molecular weight is 471 g/mol. The molecule has 0 aliphatic carbocycles. The highest BCUT2D eigenvalue weighted by atomic mass is 35.5. The molecule has 0 unspecified atom stereocenters. The molecule has 0 atom stereocenters. The van der Waals surface area contributed by atoms with Crippen LogP contribution in [0.3, 0.4) is 0 Å². The number of hydrogen-bond donors (Lipinski definition) is 1. The van der Waals surface area contributed by atoms with Gasteiger partial charge in [0.2, 0.25) is 5.91 Å². The Bertz CT molecular complexity index is 1230. The van der Waals surface area contributed by atoms with Crippen molar-refractivity contribution in [2.45, 2.75) is 11.7 Å². The van der Waals surface area contributed by atoms with Crippen LogP contribution in [0.1, 0.15) is 5.56 Å². The van der Waals surface area contributed by atoms with Gasteiger partial charge in [-0.2, -0.15) is 0 Å². The average Bonchev–Trinajstić information content (AvgIpc) is 3.18. The third kappa shape index (κ3) is 5.33. The number of anilines is 1. The second-order valence-corrected chi connectivity index (χ2v) is 8.20. The van der Waals surface area contributed by atoms with Gasteiger partial charge < -0.3 is 5.32 Å². The van der Waals surface area contributed by atoms with E-state index in [2.05, 4.69) is 15.5 Å². The van der Waals surface area contributed by atoms with Gasteiger partial charge in [-0.05, 0) is 48.0 Å². The summed E-state index contributed by atoms with van der Waals surface area (Å²) in [5.74, 6) is -0.526. The Morgan fingerprint density at radius 2 is 1.69 bits per heavy atom. The van der Waals surface area contributed by atoms with Gasteiger partial charge in [0.1, 0.15) is 11.6 Å². The number of benzene rings is 3. The molecule has 3 aromatic carbocycles. The lowest BCUT2D eigenvalue weighted by atomic mass is 10.2. The lowest BCUT2D eigenvalue weighted by Gasteiger charge is -2.11. The predicted molar refractivity (Wildman–Crippen MR) is 122 cm³/mol. The van der Waals surface area contributed by atoms with Crippen LogP contribution >= 0.6 is 23.4 Å². The largest absolute Gasteiger partial charge is 0.324 e. The lowest BCUT2D eigenvalue weighted by Crippen LogP contribution is -2.15. The van der Waals surface area contributed by atoms with Gasteiger partial charge in [0.15, 0.2) is 11.0 Å². The van der Waals surface area contributed by atoms with E-state index in [0.717, 1.165) is 11.6 Å². The fourth-order valence-corrected chi connectivity index (χ4v) is 3.98. The van der Waals surface area contributed by atoms with Crippen LogP contribution in [0.15, 0.2) is 78.0 Å². The maximum absolute atomic E-state index is 13.4. The van der Waals surface area contributed by atoms with E-state index in [-0.39, 0.29) is 22.5 Å². The number of rotatable bonds is 7. The minimum atomic E-state index is -0.482. The molecule has 162 valence electrons. The second-order valence-electron chi connectivity index (χ2n) is 6.85. The first-order chi connectivity index (χ1) is 15.5. The highest BCUT2D eigenvalue weighted by molar-refractivity contribution is 7.99. The number of nitrogens with zero attached hydrogens (tertiary/aromatic N) is 3. The molecule has 1 heterocycles. The Morgan fingerprint density at radius 3 is 2.41 bits per heavy atom. The Hall–Kier alpha value is -3.23. The molecular weight excluding hydrogens is 454 g/mol. The van der Waals surface area contributed by atoms with Gasteiger partial charge in [0, 0.05) is 5.56 Å². The van der Waals surface area contributed by atoms with E-state index in [1.165, 1.54) is 36.0 Å². The van der Waals surface area contributed by atoms with E-state index in [9.17, 15) is 13.6 Å². The molecule has 0 aliphatic rings. The van der Waals surface area contributed by atoms with E-state index in [0.29, 0.717) is 28.8 Å². The quantitative estimate of drug-likeness (QED) is 0.354. The summed E-state index contributed by atoms with van der Waals surface area (Å²) < 4.78 is 28.5. The zero-order valence-corrected chi connectivity index (χ0v) is 18.2. The number of halogens is 3. The predicted octanol–water partition coefficient (Wildman–Crippen LogP) is 5.66. The van der Waals surface area contributed by atoms with Gasteiger partial charge in [-0.15, -0.1) is 10.2 Å². The summed E-state index contributed by atoms with van der Waals surface area (Å²) in [5.41, 5.74) is 2.07. The first-order valence-corrected chi connectivity index (χ1v) is 11.0. The Morgan fingerprint density at radius 1 is 0.969 bits per heavy atom.